The number of H-pyrrole nitrogens is 1. The van der Waals surface area contributed by atoms with Crippen molar-refractivity contribution in [2.45, 2.75) is 20.8 Å². The van der Waals surface area contributed by atoms with Gasteiger partial charge in [0.05, 0.1) is 5.70 Å². The summed E-state index contributed by atoms with van der Waals surface area (Å²) in [5.74, 6) is 0.746. The Morgan fingerprint density at radius 3 is 2.54 bits per heavy atom. The molecule has 5 heteroatoms. The normalized spacial score (nSPS) is 11.6. The number of rotatable bonds is 6. The topological polar surface area (TPSA) is 45.6 Å². The van der Waals surface area contributed by atoms with Crippen molar-refractivity contribution >= 4 is 23.6 Å². The number of nitrogens with one attached hydrogen (secondary N) is 2. The molecule has 2 rings (SSSR count). The number of aromatic amines is 1. The molecule has 0 saturated carbocycles. The van der Waals surface area contributed by atoms with Crippen LogP contribution in [0, 0.1) is 11.7 Å². The van der Waals surface area contributed by atoms with Crippen molar-refractivity contribution in [1.82, 2.24) is 14.8 Å². The van der Waals surface area contributed by atoms with Gasteiger partial charge in [-0.05, 0) is 68.4 Å². The lowest BCUT2D eigenvalue weighted by molar-refractivity contribution is 1.06. The molecule has 4 nitrogen and oxygen atoms in total. The molecule has 124 valence electrons. The summed E-state index contributed by atoms with van der Waals surface area (Å²) < 4.78 is 2.40. The van der Waals surface area contributed by atoms with Gasteiger partial charge in [-0.15, -0.1) is 0 Å². The first-order valence-corrected chi connectivity index (χ1v) is 7.97. The molecule has 0 saturated heterocycles. The van der Waals surface area contributed by atoms with Gasteiger partial charge in [-0.3, -0.25) is 9.67 Å². The first-order chi connectivity index (χ1) is 11.4. The minimum absolute atomic E-state index is 0.518. The zero-order valence-corrected chi connectivity index (χ0v) is 15.1. The Morgan fingerprint density at radius 1 is 1.29 bits per heavy atom. The smallest absolute Gasteiger partial charge is 0.200 e. The minimum atomic E-state index is 0.518. The molecule has 0 aliphatic rings. The number of nitrogens with zero attached hydrogens (tertiary/aromatic N) is 2. The van der Waals surface area contributed by atoms with E-state index in [4.69, 9.17) is 12.2 Å². The Bertz CT molecular complexity index is 896. The maximum Gasteiger partial charge on any atom is 0.200 e. The van der Waals surface area contributed by atoms with Gasteiger partial charge < -0.3 is 5.32 Å². The van der Waals surface area contributed by atoms with E-state index in [1.807, 2.05) is 37.5 Å². The SMILES string of the molecule is C=C/C(C)=C(/C=C)n1c(-c2ccc(NC(=C)C)cc2C)n[nH]c1=S. The number of allylic oxidation sites excluding steroid dienone is 5. The highest BCUT2D eigenvalue weighted by atomic mass is 32.1. The lowest BCUT2D eigenvalue weighted by atomic mass is 10.1. The maximum absolute atomic E-state index is 5.41. The van der Waals surface area contributed by atoms with E-state index in [0.717, 1.165) is 39.6 Å². The Morgan fingerprint density at radius 2 is 2.00 bits per heavy atom. The molecule has 1 heterocycles. The number of anilines is 1. The summed E-state index contributed by atoms with van der Waals surface area (Å²) in [4.78, 5) is 0. The number of benzene rings is 1. The van der Waals surface area contributed by atoms with Crippen LogP contribution >= 0.6 is 12.2 Å². The summed E-state index contributed by atoms with van der Waals surface area (Å²) in [6.45, 7) is 17.5. The van der Waals surface area contributed by atoms with Crippen LogP contribution in [0.3, 0.4) is 0 Å². The summed E-state index contributed by atoms with van der Waals surface area (Å²) >= 11 is 5.41. The maximum atomic E-state index is 5.41. The largest absolute Gasteiger partial charge is 0.360 e. The summed E-state index contributed by atoms with van der Waals surface area (Å²) in [6, 6.07) is 6.08. The van der Waals surface area contributed by atoms with E-state index < -0.39 is 0 Å². The summed E-state index contributed by atoms with van der Waals surface area (Å²) in [7, 11) is 0. The monoisotopic (exact) mass is 338 g/mol. The summed E-state index contributed by atoms with van der Waals surface area (Å²) in [6.07, 6.45) is 3.54. The fraction of sp³-hybridized carbons (Fsp3) is 0.158. The molecule has 0 fully saturated rings. The first kappa shape index (κ1) is 17.7. The average molecular weight is 338 g/mol. The highest BCUT2D eigenvalue weighted by molar-refractivity contribution is 7.71. The fourth-order valence-corrected chi connectivity index (χ4v) is 2.70. The second kappa shape index (κ2) is 7.27. The van der Waals surface area contributed by atoms with Gasteiger partial charge in [0.1, 0.15) is 0 Å². The van der Waals surface area contributed by atoms with Crippen LogP contribution in [0.1, 0.15) is 19.4 Å². The van der Waals surface area contributed by atoms with Gasteiger partial charge in [-0.25, -0.2) is 0 Å². The Hall–Kier alpha value is -2.66. The molecule has 0 radical (unpaired) electrons. The molecule has 0 aliphatic heterocycles. The van der Waals surface area contributed by atoms with Gasteiger partial charge in [0.2, 0.25) is 0 Å². The quantitative estimate of drug-likeness (QED) is 0.543. The molecule has 0 bridgehead atoms. The van der Waals surface area contributed by atoms with Crippen molar-refractivity contribution in [2.75, 3.05) is 5.32 Å². The van der Waals surface area contributed by atoms with Crippen LogP contribution in [0.4, 0.5) is 5.69 Å². The van der Waals surface area contributed by atoms with Gasteiger partial charge in [0, 0.05) is 16.9 Å². The number of hydrogen-bond donors (Lipinski definition) is 2. The number of hydrogen-bond acceptors (Lipinski definition) is 3. The average Bonchev–Trinajstić information content (AvgIpc) is 2.89. The molecule has 0 atom stereocenters. The van der Waals surface area contributed by atoms with Crippen molar-refractivity contribution in [1.29, 1.82) is 0 Å². The molecule has 1 aromatic heterocycles. The van der Waals surface area contributed by atoms with E-state index in [0.29, 0.717) is 4.77 Å². The third-order valence-electron chi connectivity index (χ3n) is 3.64. The molecule has 0 spiro atoms. The molecule has 0 amide bonds. The number of aryl methyl sites for hydroxylation is 1. The summed E-state index contributed by atoms with van der Waals surface area (Å²) in [5, 5.41) is 10.5. The molecule has 1 aromatic carbocycles. The van der Waals surface area contributed by atoms with Crippen LogP contribution in [0.25, 0.3) is 17.1 Å². The lowest BCUT2D eigenvalue weighted by Crippen LogP contribution is -2.02. The predicted octanol–water partition coefficient (Wildman–Crippen LogP) is 5.46. The standard InChI is InChI=1S/C19H22N4S/c1-7-13(5)17(8-2)23-18(21-22-19(23)24)16-10-9-15(11-14(16)6)20-12(3)4/h7-11,20H,1-3H2,4-6H3,(H,22,24)/b17-13-. The van der Waals surface area contributed by atoms with E-state index in [1.54, 1.807) is 12.2 Å². The highest BCUT2D eigenvalue weighted by Gasteiger charge is 2.14. The van der Waals surface area contributed by atoms with Crippen molar-refractivity contribution in [3.63, 3.8) is 0 Å². The Balaban J connectivity index is 2.64. The van der Waals surface area contributed by atoms with Crippen LogP contribution in [-0.2, 0) is 0 Å². The van der Waals surface area contributed by atoms with Gasteiger partial charge in [-0.1, -0.05) is 25.8 Å². The van der Waals surface area contributed by atoms with Gasteiger partial charge >= 0.3 is 0 Å². The van der Waals surface area contributed by atoms with Crippen molar-refractivity contribution in [3.8, 4) is 11.4 Å². The Labute approximate surface area is 147 Å². The number of aromatic nitrogens is 3. The van der Waals surface area contributed by atoms with Crippen LogP contribution in [0.5, 0.6) is 0 Å². The van der Waals surface area contributed by atoms with Crippen LogP contribution in [0.2, 0.25) is 0 Å². The third kappa shape index (κ3) is 3.46. The fourth-order valence-electron chi connectivity index (χ4n) is 2.47. The second-order valence-electron chi connectivity index (χ2n) is 5.60. The minimum Gasteiger partial charge on any atom is -0.360 e. The zero-order chi connectivity index (χ0) is 17.9. The lowest BCUT2D eigenvalue weighted by Gasteiger charge is -2.13. The van der Waals surface area contributed by atoms with Crippen molar-refractivity contribution < 1.29 is 0 Å². The molecule has 2 aromatic rings. The predicted molar refractivity (Wildman–Crippen MR) is 105 cm³/mol. The Kier molecular flexibility index (Phi) is 5.36. The van der Waals surface area contributed by atoms with Gasteiger partial charge in [-0.2, -0.15) is 5.10 Å². The van der Waals surface area contributed by atoms with E-state index >= 15 is 0 Å². The van der Waals surface area contributed by atoms with Gasteiger partial charge in [0.15, 0.2) is 10.6 Å². The molecule has 0 aliphatic carbocycles. The van der Waals surface area contributed by atoms with E-state index in [9.17, 15) is 0 Å². The van der Waals surface area contributed by atoms with E-state index in [1.165, 1.54) is 0 Å². The van der Waals surface area contributed by atoms with Crippen molar-refractivity contribution in [3.05, 3.63) is 71.7 Å². The molecule has 2 N–H and O–H groups in total. The van der Waals surface area contributed by atoms with Crippen molar-refractivity contribution in [2.24, 2.45) is 0 Å². The first-order valence-electron chi connectivity index (χ1n) is 7.56. The van der Waals surface area contributed by atoms with Crippen LogP contribution < -0.4 is 5.32 Å². The molecule has 24 heavy (non-hydrogen) atoms. The summed E-state index contributed by atoms with van der Waals surface area (Å²) in [5.41, 5.74) is 5.79. The van der Waals surface area contributed by atoms with Crippen LogP contribution in [-0.4, -0.2) is 14.8 Å². The van der Waals surface area contributed by atoms with Gasteiger partial charge in [0.25, 0.3) is 0 Å². The third-order valence-corrected chi connectivity index (χ3v) is 3.92. The van der Waals surface area contributed by atoms with E-state index in [2.05, 4.69) is 41.3 Å². The molecular weight excluding hydrogens is 316 g/mol. The zero-order valence-electron chi connectivity index (χ0n) is 14.3. The molecule has 0 unspecified atom stereocenters. The highest BCUT2D eigenvalue weighted by Crippen LogP contribution is 2.28. The molecular formula is C19H22N4S. The van der Waals surface area contributed by atoms with E-state index in [-0.39, 0.29) is 0 Å². The second-order valence-corrected chi connectivity index (χ2v) is 5.99. The van der Waals surface area contributed by atoms with Crippen LogP contribution in [0.15, 0.2) is 61.4 Å².